The molecular formula is C9H5ClN4O2. The number of hydrogen-bond donors (Lipinski definition) is 0. The van der Waals surface area contributed by atoms with Gasteiger partial charge in [0.15, 0.2) is 0 Å². The number of aromatic nitrogens is 1. The largest absolute Gasteiger partial charge is 0.539 e. The first-order chi connectivity index (χ1) is 7.74. The molecule has 2 rings (SSSR count). The highest BCUT2D eigenvalue weighted by Crippen LogP contribution is 2.23. The summed E-state index contributed by atoms with van der Waals surface area (Å²) in [4.78, 5) is 2.69. The van der Waals surface area contributed by atoms with Crippen LogP contribution in [-0.4, -0.2) is 0 Å². The quantitative estimate of drug-likeness (QED) is 0.346. The number of nitrogens with zero attached hydrogens (tertiary/aromatic N) is 4. The molecule has 16 heavy (non-hydrogen) atoms. The Morgan fingerprint density at radius 2 is 2.19 bits per heavy atom. The van der Waals surface area contributed by atoms with E-state index in [1.165, 1.54) is 4.57 Å². The molecule has 7 heteroatoms. The van der Waals surface area contributed by atoms with Crippen molar-refractivity contribution >= 4 is 17.3 Å². The highest BCUT2D eigenvalue weighted by atomic mass is 35.5. The van der Waals surface area contributed by atoms with Crippen LogP contribution < -0.4 is 9.67 Å². The highest BCUT2D eigenvalue weighted by Gasteiger charge is 2.17. The second kappa shape index (κ2) is 4.14. The van der Waals surface area contributed by atoms with E-state index < -0.39 is 5.95 Å². The lowest BCUT2D eigenvalue weighted by molar-refractivity contribution is -0.597. The molecule has 0 unspecified atom stereocenters. The molecule has 0 fully saturated rings. The molecule has 0 radical (unpaired) electrons. The third-order valence-corrected chi connectivity index (χ3v) is 2.28. The fraction of sp³-hybridized carbons (Fsp3) is 0. The standard InChI is InChI=1S/C9H5ClN4O2/c10-8-9(15)16-5-14(8)7-4-2-1-3-6(7)12-13-11/h1-5H. The van der Waals surface area contributed by atoms with E-state index in [4.69, 9.17) is 17.1 Å². The number of para-hydroxylation sites is 1. The molecule has 2 aromatic rings. The molecule has 0 aliphatic rings. The van der Waals surface area contributed by atoms with Crippen molar-refractivity contribution in [1.82, 2.24) is 0 Å². The lowest BCUT2D eigenvalue weighted by Gasteiger charge is -1.96. The van der Waals surface area contributed by atoms with Gasteiger partial charge >= 0.3 is 5.15 Å². The maximum absolute atomic E-state index is 11.1. The van der Waals surface area contributed by atoms with E-state index >= 15 is 0 Å². The maximum Gasteiger partial charge on any atom is 0.303 e. The van der Waals surface area contributed by atoms with Crippen molar-refractivity contribution in [3.8, 4) is 11.6 Å². The van der Waals surface area contributed by atoms with Gasteiger partial charge in [-0.15, -0.1) is 4.57 Å². The normalized spacial score (nSPS) is 9.81. The van der Waals surface area contributed by atoms with Crippen molar-refractivity contribution in [2.24, 2.45) is 5.11 Å². The molecule has 80 valence electrons. The molecule has 0 N–H and O–H groups in total. The van der Waals surface area contributed by atoms with E-state index in [-0.39, 0.29) is 5.15 Å². The van der Waals surface area contributed by atoms with Crippen LogP contribution in [0.15, 0.2) is 40.2 Å². The van der Waals surface area contributed by atoms with Crippen LogP contribution in [0.2, 0.25) is 5.15 Å². The summed E-state index contributed by atoms with van der Waals surface area (Å²) in [5.74, 6) is -0.641. The van der Waals surface area contributed by atoms with Gasteiger partial charge in [0.2, 0.25) is 12.1 Å². The van der Waals surface area contributed by atoms with E-state index in [2.05, 4.69) is 14.4 Å². The van der Waals surface area contributed by atoms with E-state index in [9.17, 15) is 5.11 Å². The molecule has 1 heterocycles. The predicted molar refractivity (Wildman–Crippen MR) is 53.5 cm³/mol. The van der Waals surface area contributed by atoms with Crippen LogP contribution in [0, 0.1) is 0 Å². The van der Waals surface area contributed by atoms with Gasteiger partial charge in [0.1, 0.15) is 11.6 Å². The number of hydrogen-bond acceptors (Lipinski definition) is 3. The lowest BCUT2D eigenvalue weighted by Crippen LogP contribution is -2.29. The summed E-state index contributed by atoms with van der Waals surface area (Å²) < 4.78 is 5.94. The summed E-state index contributed by atoms with van der Waals surface area (Å²) in [7, 11) is 0. The van der Waals surface area contributed by atoms with Gasteiger partial charge in [0, 0.05) is 11.0 Å². The van der Waals surface area contributed by atoms with Crippen LogP contribution >= 0.6 is 11.6 Å². The number of rotatable bonds is 2. The summed E-state index contributed by atoms with van der Waals surface area (Å²) in [6.45, 7) is 0. The monoisotopic (exact) mass is 236 g/mol. The minimum absolute atomic E-state index is 0.0967. The van der Waals surface area contributed by atoms with Crippen LogP contribution in [-0.2, 0) is 0 Å². The fourth-order valence-electron chi connectivity index (χ4n) is 1.26. The van der Waals surface area contributed by atoms with Crippen LogP contribution in [0.1, 0.15) is 0 Å². The Balaban J connectivity index is 2.64. The average molecular weight is 237 g/mol. The third-order valence-electron chi connectivity index (χ3n) is 1.94. The zero-order valence-corrected chi connectivity index (χ0v) is 8.63. The van der Waals surface area contributed by atoms with E-state index in [0.29, 0.717) is 11.4 Å². The Bertz CT molecular complexity index is 575. The van der Waals surface area contributed by atoms with Gasteiger partial charge < -0.3 is 9.52 Å². The molecule has 0 saturated heterocycles. The van der Waals surface area contributed by atoms with Crippen molar-refractivity contribution in [3.05, 3.63) is 46.3 Å². The zero-order valence-electron chi connectivity index (χ0n) is 7.87. The Labute approximate surface area is 94.9 Å². The summed E-state index contributed by atoms with van der Waals surface area (Å²) in [5, 5.41) is 14.5. The third kappa shape index (κ3) is 1.67. The summed E-state index contributed by atoms with van der Waals surface area (Å²) in [5.41, 5.74) is 9.24. The van der Waals surface area contributed by atoms with Crippen molar-refractivity contribution in [2.75, 3.05) is 0 Å². The molecule has 0 amide bonds. The first-order valence-electron chi connectivity index (χ1n) is 4.24. The zero-order chi connectivity index (χ0) is 11.5. The second-order valence-electron chi connectivity index (χ2n) is 2.85. The van der Waals surface area contributed by atoms with E-state index in [1.54, 1.807) is 24.3 Å². The van der Waals surface area contributed by atoms with Gasteiger partial charge in [-0.05, 0) is 23.2 Å². The molecule has 0 saturated carbocycles. The summed E-state index contributed by atoms with van der Waals surface area (Å²) in [6, 6.07) is 6.70. The molecule has 6 nitrogen and oxygen atoms in total. The molecule has 0 aliphatic carbocycles. The summed E-state index contributed by atoms with van der Waals surface area (Å²) >= 11 is 5.74. The van der Waals surface area contributed by atoms with Gasteiger partial charge in [0.25, 0.3) is 0 Å². The van der Waals surface area contributed by atoms with Crippen molar-refractivity contribution < 1.29 is 14.1 Å². The molecule has 0 atom stereocenters. The smallest absolute Gasteiger partial charge is 0.303 e. The average Bonchev–Trinajstić information content (AvgIpc) is 2.61. The molecular weight excluding hydrogens is 232 g/mol. The van der Waals surface area contributed by atoms with Crippen molar-refractivity contribution in [1.29, 1.82) is 0 Å². The van der Waals surface area contributed by atoms with Gasteiger partial charge in [0.05, 0.1) is 0 Å². The highest BCUT2D eigenvalue weighted by molar-refractivity contribution is 6.29. The number of benzene rings is 1. The second-order valence-corrected chi connectivity index (χ2v) is 3.21. The number of azide groups is 1. The molecule has 0 bridgehead atoms. The Morgan fingerprint density at radius 1 is 1.44 bits per heavy atom. The first kappa shape index (κ1) is 10.4. The molecule has 0 aliphatic heterocycles. The molecule has 0 spiro atoms. The predicted octanol–water partition coefficient (Wildman–Crippen LogP) is 2.23. The van der Waals surface area contributed by atoms with Gasteiger partial charge in [-0.25, -0.2) is 0 Å². The number of oxazole rings is 1. The Morgan fingerprint density at radius 3 is 2.81 bits per heavy atom. The van der Waals surface area contributed by atoms with Gasteiger partial charge in [-0.1, -0.05) is 17.2 Å². The van der Waals surface area contributed by atoms with Crippen LogP contribution in [0.25, 0.3) is 16.1 Å². The number of halogens is 1. The van der Waals surface area contributed by atoms with Crippen LogP contribution in [0.4, 0.5) is 5.69 Å². The topological polar surface area (TPSA) is 88.8 Å². The van der Waals surface area contributed by atoms with E-state index in [0.717, 1.165) is 6.39 Å². The molecule has 1 aromatic heterocycles. The minimum atomic E-state index is -0.641. The van der Waals surface area contributed by atoms with Gasteiger partial charge in [-0.3, -0.25) is 0 Å². The lowest BCUT2D eigenvalue weighted by atomic mass is 10.3. The summed E-state index contributed by atoms with van der Waals surface area (Å²) in [6.07, 6.45) is 1.16. The van der Waals surface area contributed by atoms with Crippen LogP contribution in [0.3, 0.4) is 0 Å². The van der Waals surface area contributed by atoms with Gasteiger partial charge in [-0.2, -0.15) is 0 Å². The Kier molecular flexibility index (Phi) is 2.68. The van der Waals surface area contributed by atoms with Crippen molar-refractivity contribution in [3.63, 3.8) is 0 Å². The fourth-order valence-corrected chi connectivity index (χ4v) is 1.43. The van der Waals surface area contributed by atoms with E-state index in [1.807, 2.05) is 0 Å². The SMILES string of the molecule is [N-]=[N+]=Nc1ccccc1-[n+]1coc([O-])c1Cl. The Hall–Kier alpha value is -2.17. The van der Waals surface area contributed by atoms with Crippen molar-refractivity contribution in [2.45, 2.75) is 0 Å². The minimum Gasteiger partial charge on any atom is -0.539 e. The molecule has 1 aromatic carbocycles. The van der Waals surface area contributed by atoms with Crippen LogP contribution in [0.5, 0.6) is 5.95 Å². The maximum atomic E-state index is 11.1. The first-order valence-corrected chi connectivity index (χ1v) is 4.62.